The van der Waals surface area contributed by atoms with E-state index in [0.717, 1.165) is 11.6 Å². The van der Waals surface area contributed by atoms with Crippen molar-refractivity contribution in [1.82, 2.24) is 21.3 Å². The Morgan fingerprint density at radius 3 is 2.00 bits per heavy atom. The van der Waals surface area contributed by atoms with E-state index in [1.54, 1.807) is 13.8 Å². The molecule has 1 rings (SSSR count). The minimum absolute atomic E-state index is 0.0912. The van der Waals surface area contributed by atoms with Gasteiger partial charge in [0.25, 0.3) is 5.91 Å². The standard InChI is InChI=1S/C33H48F2N4O5/c1-7-12-28(40)38-26(18-25(23(4)35)16-22(3)34)19-30(42)36-20-33(5,6)21-37-32(44)31(43)27(39-29(41)13-8-2)17-24-14-10-9-11-15-24/h9-11,14-16,26-27,31,43H,3-4,7-8,12-13,17-21H2,1-2,5-6H3,(H,36,42)(H,37,44)(H,38,40)(H,39,41)/b25-16-. The quantitative estimate of drug-likeness (QED) is 0.140. The van der Waals surface area contributed by atoms with Gasteiger partial charge in [-0.05, 0) is 48.3 Å². The highest BCUT2D eigenvalue weighted by Gasteiger charge is 2.30. The van der Waals surface area contributed by atoms with Gasteiger partial charge in [-0.3, -0.25) is 19.2 Å². The number of carbonyl (C=O) groups excluding carboxylic acids is 4. The van der Waals surface area contributed by atoms with Gasteiger partial charge in [0.2, 0.25) is 17.7 Å². The molecule has 0 spiro atoms. The first kappa shape index (κ1) is 38.2. The highest BCUT2D eigenvalue weighted by molar-refractivity contribution is 5.83. The fraction of sp³-hybridized carbons (Fsp3) is 0.515. The smallest absolute Gasteiger partial charge is 0.251 e. The second-order valence-corrected chi connectivity index (χ2v) is 11.7. The van der Waals surface area contributed by atoms with Crippen molar-refractivity contribution >= 4 is 23.6 Å². The molecule has 0 heterocycles. The number of rotatable bonds is 20. The summed E-state index contributed by atoms with van der Waals surface area (Å²) in [6, 6.07) is 7.54. The number of hydrogen-bond donors (Lipinski definition) is 5. The molecule has 0 saturated carbocycles. The highest BCUT2D eigenvalue weighted by atomic mass is 19.1. The lowest BCUT2D eigenvalue weighted by Gasteiger charge is -2.28. The van der Waals surface area contributed by atoms with Crippen LogP contribution < -0.4 is 21.3 Å². The Bertz CT molecular complexity index is 1170. The Morgan fingerprint density at radius 1 is 0.886 bits per heavy atom. The molecule has 0 radical (unpaired) electrons. The Morgan fingerprint density at radius 2 is 1.45 bits per heavy atom. The summed E-state index contributed by atoms with van der Waals surface area (Å²) in [4.78, 5) is 50.2. The molecule has 3 atom stereocenters. The van der Waals surface area contributed by atoms with Gasteiger partial charge in [0.15, 0.2) is 6.10 Å². The molecule has 4 amide bonds. The molecule has 1 aromatic rings. The van der Waals surface area contributed by atoms with Gasteiger partial charge in [0, 0.05) is 38.4 Å². The van der Waals surface area contributed by atoms with E-state index in [1.165, 1.54) is 0 Å². The van der Waals surface area contributed by atoms with E-state index < -0.39 is 47.1 Å². The predicted octanol–water partition coefficient (Wildman–Crippen LogP) is 4.09. The molecular weight excluding hydrogens is 570 g/mol. The molecule has 11 heteroatoms. The second kappa shape index (κ2) is 19.4. The van der Waals surface area contributed by atoms with Crippen LogP contribution in [0.4, 0.5) is 8.78 Å². The van der Waals surface area contributed by atoms with Crippen LogP contribution in [0.15, 0.2) is 66.8 Å². The summed E-state index contributed by atoms with van der Waals surface area (Å²) in [7, 11) is 0. The third-order valence-corrected chi connectivity index (χ3v) is 6.70. The summed E-state index contributed by atoms with van der Waals surface area (Å²) in [5.74, 6) is -3.48. The van der Waals surface area contributed by atoms with Gasteiger partial charge >= 0.3 is 0 Å². The van der Waals surface area contributed by atoms with Crippen molar-refractivity contribution < 1.29 is 33.1 Å². The lowest BCUT2D eigenvalue weighted by atomic mass is 9.92. The first-order valence-corrected chi connectivity index (χ1v) is 14.9. The zero-order chi connectivity index (χ0) is 33.3. The van der Waals surface area contributed by atoms with Crippen LogP contribution in [0.2, 0.25) is 0 Å². The van der Waals surface area contributed by atoms with Crippen LogP contribution >= 0.6 is 0 Å². The maximum Gasteiger partial charge on any atom is 0.251 e. The maximum atomic E-state index is 13.9. The zero-order valence-corrected chi connectivity index (χ0v) is 26.3. The number of benzene rings is 1. The lowest BCUT2D eigenvalue weighted by molar-refractivity contribution is -0.132. The van der Waals surface area contributed by atoms with E-state index in [4.69, 9.17) is 0 Å². The minimum Gasteiger partial charge on any atom is -0.381 e. The van der Waals surface area contributed by atoms with Crippen LogP contribution in [0.3, 0.4) is 0 Å². The van der Waals surface area contributed by atoms with Gasteiger partial charge in [0.05, 0.1) is 6.04 Å². The predicted molar refractivity (Wildman–Crippen MR) is 167 cm³/mol. The number of carbonyl (C=O) groups is 4. The lowest BCUT2D eigenvalue weighted by Crippen LogP contribution is -2.53. The van der Waals surface area contributed by atoms with Crippen LogP contribution in [0.5, 0.6) is 0 Å². The van der Waals surface area contributed by atoms with Gasteiger partial charge in [0.1, 0.15) is 11.7 Å². The molecule has 244 valence electrons. The molecule has 0 aliphatic heterocycles. The first-order valence-electron chi connectivity index (χ1n) is 14.9. The van der Waals surface area contributed by atoms with Crippen LogP contribution in [0.1, 0.15) is 71.8 Å². The summed E-state index contributed by atoms with van der Waals surface area (Å²) in [6.45, 7) is 13.8. The van der Waals surface area contributed by atoms with Gasteiger partial charge < -0.3 is 26.4 Å². The van der Waals surface area contributed by atoms with Crippen molar-refractivity contribution in [1.29, 1.82) is 0 Å². The number of nitrogens with one attached hydrogen (secondary N) is 4. The van der Waals surface area contributed by atoms with E-state index in [2.05, 4.69) is 34.4 Å². The van der Waals surface area contributed by atoms with E-state index in [-0.39, 0.29) is 62.6 Å². The molecule has 44 heavy (non-hydrogen) atoms. The fourth-order valence-corrected chi connectivity index (χ4v) is 4.33. The molecule has 0 fully saturated rings. The Labute approximate surface area is 259 Å². The second-order valence-electron chi connectivity index (χ2n) is 11.7. The number of hydrogen-bond acceptors (Lipinski definition) is 5. The molecule has 0 aliphatic rings. The Hall–Kier alpha value is -3.86. The summed E-state index contributed by atoms with van der Waals surface area (Å²) in [5.41, 5.74) is 0.0722. The van der Waals surface area contributed by atoms with E-state index in [0.29, 0.717) is 12.8 Å². The zero-order valence-electron chi connectivity index (χ0n) is 26.3. The summed E-state index contributed by atoms with van der Waals surface area (Å²) in [6.07, 6.45) is 0.895. The number of aliphatic hydroxyl groups excluding tert-OH is 1. The number of halogens is 2. The third kappa shape index (κ3) is 15.6. The van der Waals surface area contributed by atoms with Crippen LogP contribution in [-0.4, -0.2) is 60.0 Å². The average molecular weight is 619 g/mol. The van der Waals surface area contributed by atoms with Crippen LogP contribution in [0.25, 0.3) is 0 Å². The summed E-state index contributed by atoms with van der Waals surface area (Å²) in [5, 5.41) is 21.8. The largest absolute Gasteiger partial charge is 0.381 e. The molecule has 3 unspecified atom stereocenters. The van der Waals surface area contributed by atoms with Crippen molar-refractivity contribution in [3.05, 3.63) is 72.4 Å². The molecular formula is C33H48F2N4O5. The topological polar surface area (TPSA) is 137 Å². The van der Waals surface area contributed by atoms with Gasteiger partial charge in [-0.1, -0.05) is 71.2 Å². The fourth-order valence-electron chi connectivity index (χ4n) is 4.33. The molecule has 1 aromatic carbocycles. The van der Waals surface area contributed by atoms with Crippen molar-refractivity contribution in [3.8, 4) is 0 Å². The number of aliphatic hydroxyl groups is 1. The molecule has 9 nitrogen and oxygen atoms in total. The van der Waals surface area contributed by atoms with Crippen molar-refractivity contribution in [2.75, 3.05) is 13.1 Å². The number of allylic oxidation sites excluding steroid dienone is 3. The minimum atomic E-state index is -1.51. The van der Waals surface area contributed by atoms with Crippen molar-refractivity contribution in [2.24, 2.45) is 5.41 Å². The SMILES string of the molecule is C=C(F)/C=C(/CC(CC(=O)NCC(C)(C)CNC(=O)C(O)C(Cc1ccccc1)NC(=O)CCC)NC(=O)CCC)C(=C)F. The van der Waals surface area contributed by atoms with Gasteiger partial charge in [-0.15, -0.1) is 0 Å². The number of amides is 4. The van der Waals surface area contributed by atoms with Crippen LogP contribution in [0, 0.1) is 5.41 Å². The van der Waals surface area contributed by atoms with E-state index in [9.17, 15) is 33.1 Å². The molecule has 0 aliphatic carbocycles. The monoisotopic (exact) mass is 618 g/mol. The summed E-state index contributed by atoms with van der Waals surface area (Å²) >= 11 is 0. The van der Waals surface area contributed by atoms with E-state index in [1.807, 2.05) is 44.2 Å². The first-order chi connectivity index (χ1) is 20.7. The Balaban J connectivity index is 2.82. The summed E-state index contributed by atoms with van der Waals surface area (Å²) < 4.78 is 27.3. The third-order valence-electron chi connectivity index (χ3n) is 6.70. The normalized spacial score (nSPS) is 13.7. The molecule has 0 aromatic heterocycles. The van der Waals surface area contributed by atoms with Gasteiger partial charge in [-0.25, -0.2) is 8.78 Å². The molecule has 5 N–H and O–H groups in total. The molecule has 0 bridgehead atoms. The average Bonchev–Trinajstić information content (AvgIpc) is 2.94. The van der Waals surface area contributed by atoms with Gasteiger partial charge in [-0.2, -0.15) is 0 Å². The van der Waals surface area contributed by atoms with E-state index >= 15 is 0 Å². The van der Waals surface area contributed by atoms with Crippen molar-refractivity contribution in [3.63, 3.8) is 0 Å². The van der Waals surface area contributed by atoms with Crippen molar-refractivity contribution in [2.45, 2.75) is 90.8 Å². The Kier molecular flexibility index (Phi) is 16.8. The maximum absolute atomic E-state index is 13.9. The highest BCUT2D eigenvalue weighted by Crippen LogP contribution is 2.20. The van der Waals surface area contributed by atoms with Crippen LogP contribution in [-0.2, 0) is 25.6 Å². The molecule has 0 saturated heterocycles.